The van der Waals surface area contributed by atoms with Crippen molar-refractivity contribution in [2.45, 2.75) is 6.92 Å². The monoisotopic (exact) mass is 283 g/mol. The number of aromatic nitrogens is 2. The van der Waals surface area contributed by atoms with E-state index in [1.807, 2.05) is 44.3 Å². The average Bonchev–Trinajstić information content (AvgIpc) is 3.04. The number of methoxy groups -OCH3 is 1. The zero-order valence-corrected chi connectivity index (χ0v) is 12.3. The number of hydrogen-bond acceptors (Lipinski definition) is 4. The van der Waals surface area contributed by atoms with Gasteiger partial charge in [-0.25, -0.2) is 0 Å². The summed E-state index contributed by atoms with van der Waals surface area (Å²) in [4.78, 5) is 0. The van der Waals surface area contributed by atoms with Crippen molar-refractivity contribution in [3.8, 4) is 28.1 Å². The first-order chi connectivity index (χ1) is 10.1. The maximum atomic E-state index is 6.20. The normalized spacial score (nSPS) is 10.8. The van der Waals surface area contributed by atoms with Gasteiger partial charge in [0.05, 0.1) is 12.7 Å². The van der Waals surface area contributed by atoms with E-state index in [-0.39, 0.29) is 0 Å². The Morgan fingerprint density at radius 2 is 2.05 bits per heavy atom. The Kier molecular flexibility index (Phi) is 3.17. The molecule has 3 rings (SSSR count). The average molecular weight is 283 g/mol. The van der Waals surface area contributed by atoms with E-state index in [4.69, 9.17) is 14.9 Å². The molecule has 21 heavy (non-hydrogen) atoms. The van der Waals surface area contributed by atoms with Crippen molar-refractivity contribution < 1.29 is 9.15 Å². The molecule has 0 bridgehead atoms. The highest BCUT2D eigenvalue weighted by Gasteiger charge is 2.19. The lowest BCUT2D eigenvalue weighted by Crippen LogP contribution is -1.98. The van der Waals surface area contributed by atoms with E-state index in [1.54, 1.807) is 18.1 Å². The Hall–Kier alpha value is -2.69. The molecule has 0 atom stereocenters. The lowest BCUT2D eigenvalue weighted by molar-refractivity contribution is 0.415. The van der Waals surface area contributed by atoms with Gasteiger partial charge in [0.2, 0.25) is 0 Å². The fraction of sp³-hybridized carbons (Fsp3) is 0.188. The molecule has 2 aromatic heterocycles. The van der Waals surface area contributed by atoms with Crippen molar-refractivity contribution in [2.75, 3.05) is 12.8 Å². The van der Waals surface area contributed by atoms with E-state index >= 15 is 0 Å². The van der Waals surface area contributed by atoms with Crippen molar-refractivity contribution >= 4 is 5.82 Å². The van der Waals surface area contributed by atoms with Crippen molar-refractivity contribution in [3.05, 3.63) is 42.4 Å². The Morgan fingerprint density at radius 1 is 1.24 bits per heavy atom. The molecular formula is C16H17N3O2. The first-order valence-corrected chi connectivity index (χ1v) is 6.62. The van der Waals surface area contributed by atoms with E-state index in [0.717, 1.165) is 33.9 Å². The molecule has 0 aliphatic rings. The molecule has 1 aromatic carbocycles. The number of nitrogens with two attached hydrogens (primary N) is 1. The molecule has 0 aliphatic carbocycles. The van der Waals surface area contributed by atoms with Crippen LogP contribution >= 0.6 is 0 Å². The third-order valence-corrected chi connectivity index (χ3v) is 3.45. The predicted octanol–water partition coefficient (Wildman–Crippen LogP) is 3.25. The van der Waals surface area contributed by atoms with E-state index < -0.39 is 0 Å². The van der Waals surface area contributed by atoms with E-state index in [1.165, 1.54) is 0 Å². The van der Waals surface area contributed by atoms with Crippen molar-refractivity contribution in [1.82, 2.24) is 9.78 Å². The van der Waals surface area contributed by atoms with Crippen LogP contribution in [0.4, 0.5) is 5.82 Å². The fourth-order valence-corrected chi connectivity index (χ4v) is 2.37. The Morgan fingerprint density at radius 3 is 2.71 bits per heavy atom. The second kappa shape index (κ2) is 5.01. The third kappa shape index (κ3) is 2.27. The molecule has 0 spiro atoms. The lowest BCUT2D eigenvalue weighted by atomic mass is 10.0. The van der Waals surface area contributed by atoms with Gasteiger partial charge in [-0.2, -0.15) is 5.10 Å². The van der Waals surface area contributed by atoms with Gasteiger partial charge in [-0.1, -0.05) is 12.1 Å². The Bertz CT molecular complexity index is 787. The Labute approximate surface area is 122 Å². The second-order valence-corrected chi connectivity index (χ2v) is 4.91. The molecule has 0 unspecified atom stereocenters. The van der Waals surface area contributed by atoms with Gasteiger partial charge in [-0.3, -0.25) is 4.68 Å². The van der Waals surface area contributed by atoms with Crippen LogP contribution in [-0.2, 0) is 7.05 Å². The zero-order valence-electron chi connectivity index (χ0n) is 12.3. The predicted molar refractivity (Wildman–Crippen MR) is 82.0 cm³/mol. The SMILES string of the molecule is COc1cccc(-c2c(-c3coc(C)c3)nn(C)c2N)c1. The van der Waals surface area contributed by atoms with Crippen LogP contribution in [0, 0.1) is 6.92 Å². The van der Waals surface area contributed by atoms with Gasteiger partial charge in [0.15, 0.2) is 0 Å². The van der Waals surface area contributed by atoms with Crippen LogP contribution in [0.25, 0.3) is 22.4 Å². The number of furan rings is 1. The topological polar surface area (TPSA) is 66.2 Å². The van der Waals surface area contributed by atoms with Gasteiger partial charge in [0, 0.05) is 12.6 Å². The molecule has 0 amide bonds. The highest BCUT2D eigenvalue weighted by atomic mass is 16.5. The first kappa shape index (κ1) is 13.3. The summed E-state index contributed by atoms with van der Waals surface area (Å²) in [7, 11) is 3.47. The van der Waals surface area contributed by atoms with Crippen LogP contribution in [0.2, 0.25) is 0 Å². The highest BCUT2D eigenvalue weighted by molar-refractivity contribution is 5.88. The molecule has 2 heterocycles. The minimum Gasteiger partial charge on any atom is -0.497 e. The minimum absolute atomic E-state index is 0.608. The molecule has 0 fully saturated rings. The van der Waals surface area contributed by atoms with Gasteiger partial charge in [-0.05, 0) is 30.7 Å². The highest BCUT2D eigenvalue weighted by Crippen LogP contribution is 2.37. The molecule has 0 saturated heterocycles. The van der Waals surface area contributed by atoms with Crippen LogP contribution < -0.4 is 10.5 Å². The van der Waals surface area contributed by atoms with E-state index in [2.05, 4.69) is 5.10 Å². The number of nitrogens with zero attached hydrogens (tertiary/aromatic N) is 2. The van der Waals surface area contributed by atoms with E-state index in [0.29, 0.717) is 5.82 Å². The van der Waals surface area contributed by atoms with E-state index in [9.17, 15) is 0 Å². The fourth-order valence-electron chi connectivity index (χ4n) is 2.37. The summed E-state index contributed by atoms with van der Waals surface area (Å²) >= 11 is 0. The summed E-state index contributed by atoms with van der Waals surface area (Å²) in [6.45, 7) is 1.90. The molecule has 0 aliphatic heterocycles. The van der Waals surface area contributed by atoms with Gasteiger partial charge >= 0.3 is 0 Å². The summed E-state index contributed by atoms with van der Waals surface area (Å²) in [6, 6.07) is 9.73. The molecule has 0 saturated carbocycles. The number of hydrogen-bond donors (Lipinski definition) is 1. The van der Waals surface area contributed by atoms with Gasteiger partial charge < -0.3 is 14.9 Å². The molecular weight excluding hydrogens is 266 g/mol. The quantitative estimate of drug-likeness (QED) is 0.801. The maximum absolute atomic E-state index is 6.20. The second-order valence-electron chi connectivity index (χ2n) is 4.91. The number of rotatable bonds is 3. The number of ether oxygens (including phenoxy) is 1. The summed E-state index contributed by atoms with van der Waals surface area (Å²) < 4.78 is 12.3. The lowest BCUT2D eigenvalue weighted by Gasteiger charge is -2.05. The van der Waals surface area contributed by atoms with Gasteiger partial charge in [0.1, 0.15) is 29.3 Å². The summed E-state index contributed by atoms with van der Waals surface area (Å²) in [5.74, 6) is 2.23. The molecule has 108 valence electrons. The standard InChI is InChI=1S/C16H17N3O2/c1-10-7-12(9-21-10)15-14(16(17)19(2)18-15)11-5-4-6-13(8-11)20-3/h4-9H,17H2,1-3H3. The Balaban J connectivity index is 2.21. The van der Waals surface area contributed by atoms with Gasteiger partial charge in [0.25, 0.3) is 0 Å². The molecule has 2 N–H and O–H groups in total. The number of benzene rings is 1. The third-order valence-electron chi connectivity index (χ3n) is 3.45. The molecule has 3 aromatic rings. The van der Waals surface area contributed by atoms with Crippen molar-refractivity contribution in [2.24, 2.45) is 7.05 Å². The molecule has 0 radical (unpaired) electrons. The van der Waals surface area contributed by atoms with Crippen LogP contribution in [-0.4, -0.2) is 16.9 Å². The van der Waals surface area contributed by atoms with Crippen LogP contribution in [0.15, 0.2) is 41.0 Å². The first-order valence-electron chi connectivity index (χ1n) is 6.62. The summed E-state index contributed by atoms with van der Waals surface area (Å²) in [5, 5.41) is 4.52. The maximum Gasteiger partial charge on any atom is 0.129 e. The van der Waals surface area contributed by atoms with Crippen molar-refractivity contribution in [3.63, 3.8) is 0 Å². The van der Waals surface area contributed by atoms with Crippen LogP contribution in [0.5, 0.6) is 5.75 Å². The number of nitrogen functional groups attached to an aromatic ring is 1. The number of aryl methyl sites for hydroxylation is 2. The molecule has 5 nitrogen and oxygen atoms in total. The number of anilines is 1. The van der Waals surface area contributed by atoms with Crippen LogP contribution in [0.1, 0.15) is 5.76 Å². The largest absolute Gasteiger partial charge is 0.497 e. The summed E-state index contributed by atoms with van der Waals surface area (Å²) in [5.41, 5.74) is 9.77. The molecule has 5 heteroatoms. The van der Waals surface area contributed by atoms with Crippen LogP contribution in [0.3, 0.4) is 0 Å². The van der Waals surface area contributed by atoms with Crippen molar-refractivity contribution in [1.29, 1.82) is 0 Å². The smallest absolute Gasteiger partial charge is 0.129 e. The van der Waals surface area contributed by atoms with Gasteiger partial charge in [-0.15, -0.1) is 0 Å². The summed E-state index contributed by atoms with van der Waals surface area (Å²) in [6.07, 6.45) is 1.70. The zero-order chi connectivity index (χ0) is 15.0. The minimum atomic E-state index is 0.608.